The smallest absolute Gasteiger partial charge is 0.0692 e. The topological polar surface area (TPSA) is 32.3 Å². The Balaban J connectivity index is 1.73. The van der Waals surface area contributed by atoms with Gasteiger partial charge in [-0.15, -0.1) is 11.3 Å². The van der Waals surface area contributed by atoms with Gasteiger partial charge in [0.15, 0.2) is 0 Å². The number of aliphatic hydroxyl groups excluding tert-OH is 1. The maximum absolute atomic E-state index is 9.93. The van der Waals surface area contributed by atoms with Crippen molar-refractivity contribution in [2.24, 2.45) is 5.92 Å². The van der Waals surface area contributed by atoms with Crippen molar-refractivity contribution in [3.63, 3.8) is 0 Å². The zero-order chi connectivity index (χ0) is 13.4. The van der Waals surface area contributed by atoms with E-state index in [-0.39, 0.29) is 6.10 Å². The highest BCUT2D eigenvalue weighted by atomic mass is 32.1. The van der Waals surface area contributed by atoms with Crippen molar-refractivity contribution in [1.29, 1.82) is 0 Å². The first kappa shape index (κ1) is 13.1. The van der Waals surface area contributed by atoms with E-state index in [9.17, 15) is 5.11 Å². The minimum Gasteiger partial charge on any atom is -0.392 e. The first-order valence-electron chi connectivity index (χ1n) is 7.06. The Morgan fingerprint density at radius 1 is 1.37 bits per heavy atom. The van der Waals surface area contributed by atoms with Gasteiger partial charge in [-0.25, -0.2) is 0 Å². The fraction of sp³-hybridized carbons (Fsp3) is 0.500. The standard InChI is InChI=1S/C16H21NOS/c1-10-13-5-3-4-6-15(13)19-16(10)11(2)17-9-14(18)12-7-8-12/h3-6,11-12,14,17-18H,7-9H2,1-2H3. The van der Waals surface area contributed by atoms with E-state index in [1.165, 1.54) is 33.4 Å². The van der Waals surface area contributed by atoms with Gasteiger partial charge < -0.3 is 10.4 Å². The van der Waals surface area contributed by atoms with Crippen LogP contribution in [0, 0.1) is 12.8 Å². The van der Waals surface area contributed by atoms with Gasteiger partial charge in [0.25, 0.3) is 0 Å². The number of thiophene rings is 1. The highest BCUT2D eigenvalue weighted by molar-refractivity contribution is 7.19. The van der Waals surface area contributed by atoms with Crippen molar-refractivity contribution in [1.82, 2.24) is 5.32 Å². The molecule has 3 heteroatoms. The van der Waals surface area contributed by atoms with Gasteiger partial charge in [0.2, 0.25) is 0 Å². The second-order valence-corrected chi connectivity index (χ2v) is 6.71. The first-order chi connectivity index (χ1) is 9.16. The quantitative estimate of drug-likeness (QED) is 0.873. The Bertz CT molecular complexity index is 573. The molecule has 0 bridgehead atoms. The summed E-state index contributed by atoms with van der Waals surface area (Å²) in [4.78, 5) is 1.39. The van der Waals surface area contributed by atoms with Crippen LogP contribution in [0.3, 0.4) is 0 Å². The lowest BCUT2D eigenvalue weighted by molar-refractivity contribution is 0.145. The normalized spacial score (nSPS) is 18.7. The van der Waals surface area contributed by atoms with E-state index in [2.05, 4.69) is 43.4 Å². The number of fused-ring (bicyclic) bond motifs is 1. The minimum absolute atomic E-state index is 0.169. The molecule has 2 nitrogen and oxygen atoms in total. The molecule has 2 atom stereocenters. The second kappa shape index (κ2) is 5.23. The molecule has 0 amide bonds. The van der Waals surface area contributed by atoms with Crippen molar-refractivity contribution < 1.29 is 5.11 Å². The van der Waals surface area contributed by atoms with Crippen LogP contribution in [0.25, 0.3) is 10.1 Å². The molecule has 1 aromatic heterocycles. The van der Waals surface area contributed by atoms with Gasteiger partial charge in [0, 0.05) is 22.2 Å². The molecule has 0 aliphatic heterocycles. The Kier molecular flexibility index (Phi) is 3.61. The van der Waals surface area contributed by atoms with Crippen molar-refractivity contribution in [2.45, 2.75) is 38.8 Å². The molecular formula is C16H21NOS. The van der Waals surface area contributed by atoms with Crippen LogP contribution < -0.4 is 5.32 Å². The Labute approximate surface area is 118 Å². The number of hydrogen-bond donors (Lipinski definition) is 2. The van der Waals surface area contributed by atoms with Crippen LogP contribution in [-0.2, 0) is 0 Å². The molecule has 102 valence electrons. The van der Waals surface area contributed by atoms with Crippen molar-refractivity contribution in [2.75, 3.05) is 6.54 Å². The van der Waals surface area contributed by atoms with Gasteiger partial charge in [0.05, 0.1) is 6.10 Å². The summed E-state index contributed by atoms with van der Waals surface area (Å²) in [7, 11) is 0. The van der Waals surface area contributed by atoms with Crippen LogP contribution in [0.15, 0.2) is 24.3 Å². The predicted octanol–water partition coefficient (Wildman–Crippen LogP) is 3.63. The number of aliphatic hydroxyl groups is 1. The van der Waals surface area contributed by atoms with Crippen LogP contribution in [0.4, 0.5) is 0 Å². The third kappa shape index (κ3) is 2.69. The van der Waals surface area contributed by atoms with E-state index in [0.29, 0.717) is 18.5 Å². The van der Waals surface area contributed by atoms with Gasteiger partial charge in [0.1, 0.15) is 0 Å². The zero-order valence-electron chi connectivity index (χ0n) is 11.5. The SMILES string of the molecule is Cc1c(C(C)NCC(O)C2CC2)sc2ccccc12. The third-order valence-corrected chi connectivity index (χ3v) is 5.53. The molecule has 0 radical (unpaired) electrons. The van der Waals surface area contributed by atoms with Gasteiger partial charge >= 0.3 is 0 Å². The number of rotatable bonds is 5. The summed E-state index contributed by atoms with van der Waals surface area (Å²) in [5.74, 6) is 0.545. The molecule has 0 spiro atoms. The molecule has 3 rings (SSSR count). The summed E-state index contributed by atoms with van der Waals surface area (Å²) < 4.78 is 1.35. The van der Waals surface area contributed by atoms with E-state index in [1.807, 2.05) is 11.3 Å². The van der Waals surface area contributed by atoms with Crippen LogP contribution in [0.5, 0.6) is 0 Å². The van der Waals surface area contributed by atoms with E-state index in [0.717, 1.165) is 0 Å². The van der Waals surface area contributed by atoms with Crippen LogP contribution in [0.1, 0.15) is 36.2 Å². The summed E-state index contributed by atoms with van der Waals surface area (Å²) in [5.41, 5.74) is 1.38. The van der Waals surface area contributed by atoms with E-state index in [4.69, 9.17) is 0 Å². The lowest BCUT2D eigenvalue weighted by atomic mass is 10.1. The lowest BCUT2D eigenvalue weighted by Crippen LogP contribution is -2.30. The fourth-order valence-corrected chi connectivity index (χ4v) is 3.88. The molecule has 2 aromatic rings. The Hall–Kier alpha value is -0.900. The van der Waals surface area contributed by atoms with Gasteiger partial charge in [-0.1, -0.05) is 18.2 Å². The minimum atomic E-state index is -0.169. The van der Waals surface area contributed by atoms with E-state index >= 15 is 0 Å². The van der Waals surface area contributed by atoms with Crippen LogP contribution >= 0.6 is 11.3 Å². The largest absolute Gasteiger partial charge is 0.392 e. The number of benzene rings is 1. The van der Waals surface area contributed by atoms with E-state index in [1.54, 1.807) is 0 Å². The second-order valence-electron chi connectivity index (χ2n) is 5.62. The predicted molar refractivity (Wildman–Crippen MR) is 81.7 cm³/mol. The maximum atomic E-state index is 9.93. The first-order valence-corrected chi connectivity index (χ1v) is 7.88. The average Bonchev–Trinajstić information content (AvgIpc) is 3.21. The maximum Gasteiger partial charge on any atom is 0.0692 e. The lowest BCUT2D eigenvalue weighted by Gasteiger charge is -2.16. The monoisotopic (exact) mass is 275 g/mol. The average molecular weight is 275 g/mol. The molecule has 2 unspecified atom stereocenters. The zero-order valence-corrected chi connectivity index (χ0v) is 12.3. The fourth-order valence-electron chi connectivity index (χ4n) is 2.64. The molecule has 1 aromatic carbocycles. The summed E-state index contributed by atoms with van der Waals surface area (Å²) in [5, 5.41) is 14.8. The molecule has 1 fully saturated rings. The molecule has 2 N–H and O–H groups in total. The van der Waals surface area contributed by atoms with Crippen LogP contribution in [0.2, 0.25) is 0 Å². The molecule has 0 saturated heterocycles. The summed E-state index contributed by atoms with van der Waals surface area (Å²) >= 11 is 1.86. The third-order valence-electron chi connectivity index (χ3n) is 4.07. The van der Waals surface area contributed by atoms with Crippen molar-refractivity contribution in [3.05, 3.63) is 34.7 Å². The summed E-state index contributed by atoms with van der Waals surface area (Å²) in [6.45, 7) is 5.10. The van der Waals surface area contributed by atoms with Crippen LogP contribution in [-0.4, -0.2) is 17.8 Å². The Morgan fingerprint density at radius 3 is 2.79 bits per heavy atom. The summed E-state index contributed by atoms with van der Waals surface area (Å²) in [6.07, 6.45) is 2.22. The molecule has 19 heavy (non-hydrogen) atoms. The van der Waals surface area contributed by atoms with Gasteiger partial charge in [-0.3, -0.25) is 0 Å². The highest BCUT2D eigenvalue weighted by Crippen LogP contribution is 2.35. The van der Waals surface area contributed by atoms with Gasteiger partial charge in [-0.05, 0) is 49.6 Å². The molecule has 1 saturated carbocycles. The molecule has 1 heterocycles. The van der Waals surface area contributed by atoms with Crippen molar-refractivity contribution in [3.8, 4) is 0 Å². The molecule has 1 aliphatic carbocycles. The van der Waals surface area contributed by atoms with E-state index < -0.39 is 0 Å². The van der Waals surface area contributed by atoms with Crippen molar-refractivity contribution >= 4 is 21.4 Å². The number of hydrogen-bond acceptors (Lipinski definition) is 3. The molecular weight excluding hydrogens is 254 g/mol. The highest BCUT2D eigenvalue weighted by Gasteiger charge is 2.29. The number of nitrogens with one attached hydrogen (secondary N) is 1. The summed E-state index contributed by atoms with van der Waals surface area (Å²) in [6, 6.07) is 8.88. The Morgan fingerprint density at radius 2 is 2.11 bits per heavy atom. The number of aryl methyl sites for hydroxylation is 1. The van der Waals surface area contributed by atoms with Gasteiger partial charge in [-0.2, -0.15) is 0 Å². The molecule has 1 aliphatic rings.